The molecule has 0 unspecified atom stereocenters. The fourth-order valence-electron chi connectivity index (χ4n) is 4.23. The van der Waals surface area contributed by atoms with Crippen molar-refractivity contribution < 1.29 is 9.47 Å². The fourth-order valence-corrected chi connectivity index (χ4v) is 5.06. The third-order valence-corrected chi connectivity index (χ3v) is 6.21. The number of thiophene rings is 1. The van der Waals surface area contributed by atoms with Crippen LogP contribution < -0.4 is 9.47 Å². The average molecular weight is 372 g/mol. The molecule has 0 saturated heterocycles. The summed E-state index contributed by atoms with van der Waals surface area (Å²) in [6.07, 6.45) is 0. The third kappa shape index (κ3) is 1.87. The molecule has 6 rings (SSSR count). The molecule has 3 heterocycles. The molecule has 0 fully saturated rings. The van der Waals surface area contributed by atoms with E-state index in [0.717, 1.165) is 33.6 Å². The monoisotopic (exact) mass is 372 g/mol. The minimum atomic E-state index is 0.855. The highest BCUT2D eigenvalue weighted by Gasteiger charge is 2.18. The maximum absolute atomic E-state index is 5.41. The molecule has 0 radical (unpaired) electrons. The van der Waals surface area contributed by atoms with Crippen molar-refractivity contribution in [2.45, 2.75) is 0 Å². The first-order valence-corrected chi connectivity index (χ1v) is 9.69. The van der Waals surface area contributed by atoms with E-state index in [1.165, 1.54) is 32.3 Å². The van der Waals surface area contributed by atoms with Crippen LogP contribution in [0.2, 0.25) is 0 Å². The Balaban J connectivity index is 1.89. The summed E-state index contributed by atoms with van der Waals surface area (Å²) in [5.41, 5.74) is 4.44. The Morgan fingerprint density at radius 2 is 1.15 bits per heavy atom. The Bertz CT molecular complexity index is 1390. The quantitative estimate of drug-likeness (QED) is 0.381. The van der Waals surface area contributed by atoms with Crippen molar-refractivity contribution >= 4 is 65.7 Å². The minimum absolute atomic E-state index is 0.855. The van der Waals surface area contributed by atoms with Crippen LogP contribution in [-0.2, 0) is 0 Å². The Labute approximate surface area is 158 Å². The molecule has 6 aromatic rings. The summed E-state index contributed by atoms with van der Waals surface area (Å²) in [5.74, 6) is 1.71. The molecule has 132 valence electrons. The van der Waals surface area contributed by atoms with Crippen LogP contribution in [0.25, 0.3) is 54.4 Å². The van der Waals surface area contributed by atoms with E-state index in [9.17, 15) is 0 Å². The topological polar surface area (TPSA) is 50.0 Å². The molecule has 27 heavy (non-hydrogen) atoms. The highest BCUT2D eigenvalue weighted by atomic mass is 32.1. The van der Waals surface area contributed by atoms with Crippen LogP contribution in [0.4, 0.5) is 0 Å². The smallest absolute Gasteiger partial charge is 0.120 e. The first-order valence-electron chi connectivity index (χ1n) is 8.75. The number of fused-ring (bicyclic) bond motifs is 10. The van der Waals surface area contributed by atoms with Gasteiger partial charge in [-0.1, -0.05) is 0 Å². The number of hydrogen-bond donors (Lipinski definition) is 2. The summed E-state index contributed by atoms with van der Waals surface area (Å²) < 4.78 is 10.8. The van der Waals surface area contributed by atoms with Gasteiger partial charge >= 0.3 is 0 Å². The summed E-state index contributed by atoms with van der Waals surface area (Å²) in [7, 11) is 3.40. The van der Waals surface area contributed by atoms with Crippen LogP contribution in [0.1, 0.15) is 0 Å². The molecule has 0 amide bonds. The van der Waals surface area contributed by atoms with Gasteiger partial charge in [0.25, 0.3) is 0 Å². The molecule has 3 aromatic carbocycles. The van der Waals surface area contributed by atoms with Gasteiger partial charge in [-0.2, -0.15) is 11.3 Å². The zero-order chi connectivity index (χ0) is 18.1. The Morgan fingerprint density at radius 1 is 0.667 bits per heavy atom. The second-order valence-electron chi connectivity index (χ2n) is 6.77. The Kier molecular flexibility index (Phi) is 2.86. The zero-order valence-electron chi connectivity index (χ0n) is 14.8. The lowest BCUT2D eigenvalue weighted by Gasteiger charge is -2.01. The van der Waals surface area contributed by atoms with Crippen LogP contribution >= 0.6 is 11.3 Å². The summed E-state index contributed by atoms with van der Waals surface area (Å²) in [6.45, 7) is 0. The predicted molar refractivity (Wildman–Crippen MR) is 114 cm³/mol. The molecule has 0 saturated carbocycles. The normalized spacial score (nSPS) is 12.1. The predicted octanol–water partition coefficient (Wildman–Crippen LogP) is 6.19. The first kappa shape index (κ1) is 14.9. The van der Waals surface area contributed by atoms with E-state index in [2.05, 4.69) is 45.0 Å². The van der Waals surface area contributed by atoms with Crippen molar-refractivity contribution in [1.29, 1.82) is 0 Å². The lowest BCUT2D eigenvalue weighted by molar-refractivity contribution is 0.415. The van der Waals surface area contributed by atoms with Gasteiger partial charge in [-0.3, -0.25) is 0 Å². The van der Waals surface area contributed by atoms with E-state index >= 15 is 0 Å². The number of benzene rings is 3. The summed E-state index contributed by atoms with van der Waals surface area (Å²) in [5, 5.41) is 12.0. The summed E-state index contributed by atoms with van der Waals surface area (Å²) >= 11 is 1.74. The molecule has 0 atom stereocenters. The highest BCUT2D eigenvalue weighted by Crippen LogP contribution is 2.43. The van der Waals surface area contributed by atoms with Gasteiger partial charge in [-0.05, 0) is 35.0 Å². The van der Waals surface area contributed by atoms with Gasteiger partial charge < -0.3 is 19.4 Å². The largest absolute Gasteiger partial charge is 0.497 e. The second-order valence-corrected chi connectivity index (χ2v) is 7.52. The lowest BCUT2D eigenvalue weighted by atomic mass is 10.0. The molecule has 2 N–H and O–H groups in total. The molecule has 0 bridgehead atoms. The van der Waals surface area contributed by atoms with E-state index in [0.29, 0.717) is 0 Å². The SMILES string of the molecule is COc1ccc2c(c1)[nH]c1c3[nH]c4cc(OC)ccc4c3c3cscc3c21. The van der Waals surface area contributed by atoms with E-state index in [-0.39, 0.29) is 0 Å². The maximum Gasteiger partial charge on any atom is 0.120 e. The number of nitrogens with one attached hydrogen (secondary N) is 2. The Hall–Kier alpha value is -3.18. The number of hydrogen-bond acceptors (Lipinski definition) is 3. The number of ether oxygens (including phenoxy) is 2. The molecule has 0 aliphatic rings. The standard InChI is InChI=1S/C22H16N2O2S/c1-25-11-3-5-13-17(7-11)23-21-19(13)15-9-27-10-16(15)20-14-6-4-12(26-2)8-18(14)24-22(20)21/h3-10,23-24H,1-2H3. The van der Waals surface area contributed by atoms with Crippen LogP contribution in [-0.4, -0.2) is 24.2 Å². The van der Waals surface area contributed by atoms with Gasteiger partial charge in [0.2, 0.25) is 0 Å². The lowest BCUT2D eigenvalue weighted by Crippen LogP contribution is -1.81. The first-order chi connectivity index (χ1) is 13.3. The summed E-state index contributed by atoms with van der Waals surface area (Å²) in [4.78, 5) is 7.26. The van der Waals surface area contributed by atoms with Crippen molar-refractivity contribution in [3.05, 3.63) is 47.2 Å². The number of methoxy groups -OCH3 is 2. The van der Waals surface area contributed by atoms with E-state index < -0.39 is 0 Å². The number of aromatic nitrogens is 2. The van der Waals surface area contributed by atoms with Crippen molar-refractivity contribution in [2.24, 2.45) is 0 Å². The van der Waals surface area contributed by atoms with E-state index in [4.69, 9.17) is 9.47 Å². The number of rotatable bonds is 2. The van der Waals surface area contributed by atoms with E-state index in [1.807, 2.05) is 12.1 Å². The van der Waals surface area contributed by atoms with Crippen LogP contribution in [0.15, 0.2) is 47.2 Å². The summed E-state index contributed by atoms with van der Waals surface area (Å²) in [6, 6.07) is 12.4. The maximum atomic E-state index is 5.41. The fraction of sp³-hybridized carbons (Fsp3) is 0.0909. The highest BCUT2D eigenvalue weighted by molar-refractivity contribution is 7.09. The average Bonchev–Trinajstić information content (AvgIpc) is 3.40. The second kappa shape index (κ2) is 5.18. The molecule has 5 heteroatoms. The van der Waals surface area contributed by atoms with E-state index in [1.54, 1.807) is 25.6 Å². The van der Waals surface area contributed by atoms with Gasteiger partial charge in [0.1, 0.15) is 11.5 Å². The van der Waals surface area contributed by atoms with Gasteiger partial charge in [0.05, 0.1) is 36.3 Å². The van der Waals surface area contributed by atoms with Crippen molar-refractivity contribution in [3.63, 3.8) is 0 Å². The molecule has 0 aliphatic heterocycles. The molecule has 0 aliphatic carbocycles. The van der Waals surface area contributed by atoms with Gasteiger partial charge in [0, 0.05) is 44.5 Å². The van der Waals surface area contributed by atoms with Crippen molar-refractivity contribution in [3.8, 4) is 11.5 Å². The number of aromatic amines is 2. The molecule has 4 nitrogen and oxygen atoms in total. The van der Waals surface area contributed by atoms with Crippen LogP contribution in [0, 0.1) is 0 Å². The number of H-pyrrole nitrogens is 2. The molecule has 0 spiro atoms. The molecular weight excluding hydrogens is 356 g/mol. The van der Waals surface area contributed by atoms with Crippen molar-refractivity contribution in [2.75, 3.05) is 14.2 Å². The van der Waals surface area contributed by atoms with Gasteiger partial charge in [-0.15, -0.1) is 0 Å². The Morgan fingerprint density at radius 3 is 1.59 bits per heavy atom. The molecular formula is C22H16N2O2S. The third-order valence-electron chi connectivity index (χ3n) is 5.46. The van der Waals surface area contributed by atoms with Gasteiger partial charge in [-0.25, -0.2) is 0 Å². The van der Waals surface area contributed by atoms with Gasteiger partial charge in [0.15, 0.2) is 0 Å². The zero-order valence-corrected chi connectivity index (χ0v) is 15.7. The van der Waals surface area contributed by atoms with Crippen molar-refractivity contribution in [1.82, 2.24) is 9.97 Å². The van der Waals surface area contributed by atoms with Crippen LogP contribution in [0.3, 0.4) is 0 Å². The minimum Gasteiger partial charge on any atom is -0.497 e. The van der Waals surface area contributed by atoms with Crippen LogP contribution in [0.5, 0.6) is 11.5 Å². The molecule has 3 aromatic heterocycles.